The van der Waals surface area contributed by atoms with Crippen LogP contribution in [0.3, 0.4) is 0 Å². The van der Waals surface area contributed by atoms with Crippen LogP contribution in [0.25, 0.3) is 0 Å². The predicted octanol–water partition coefficient (Wildman–Crippen LogP) is 1.36. The lowest BCUT2D eigenvalue weighted by atomic mass is 10.4. The number of hydrogen-bond donors (Lipinski definition) is 1. The Labute approximate surface area is 89.0 Å². The summed E-state index contributed by atoms with van der Waals surface area (Å²) in [7, 11) is 0. The first-order valence-electron chi connectivity index (χ1n) is 4.21. The van der Waals surface area contributed by atoms with Gasteiger partial charge in [-0.05, 0) is 13.8 Å². The average Bonchev–Trinajstić information content (AvgIpc) is 2.18. The van der Waals surface area contributed by atoms with Crippen LogP contribution in [0, 0.1) is 0 Å². The molecule has 0 aliphatic carbocycles. The Bertz CT molecular complexity index is 220. The lowest BCUT2D eigenvalue weighted by molar-refractivity contribution is -0.149. The molecule has 0 fully saturated rings. The van der Waals surface area contributed by atoms with Gasteiger partial charge in [0, 0.05) is 18.3 Å². The Balaban J connectivity index is 0. The van der Waals surface area contributed by atoms with Gasteiger partial charge in [0.15, 0.2) is 6.79 Å². The van der Waals surface area contributed by atoms with E-state index in [-0.39, 0.29) is 12.4 Å². The van der Waals surface area contributed by atoms with Crippen molar-refractivity contribution in [1.82, 2.24) is 0 Å². The molecule has 0 aromatic carbocycles. The molecule has 0 spiro atoms. The second kappa shape index (κ2) is 10.5. The van der Waals surface area contributed by atoms with Crippen LogP contribution in [0.2, 0.25) is 0 Å². The van der Waals surface area contributed by atoms with Crippen molar-refractivity contribution in [3.8, 4) is 0 Å². The van der Waals surface area contributed by atoms with Gasteiger partial charge in [-0.15, -0.1) is 0 Å². The Morgan fingerprint density at radius 3 is 2.20 bits per heavy atom. The zero-order chi connectivity index (χ0) is 12.3. The van der Waals surface area contributed by atoms with E-state index in [4.69, 9.17) is 9.84 Å². The Morgan fingerprint density at radius 2 is 1.93 bits per heavy atom. The standard InChI is InChI=1S/C6H10O3.C4H6O2/c1-3-6(7)9-5-8-4-2;1-3(2)4(5)6/h3H,1,4-5H2,2H3;1H2,2H3,(H,5,6). The molecule has 0 amide bonds. The highest BCUT2D eigenvalue weighted by Gasteiger charge is 1.91. The van der Waals surface area contributed by atoms with E-state index in [9.17, 15) is 9.59 Å². The van der Waals surface area contributed by atoms with Crippen molar-refractivity contribution in [2.75, 3.05) is 13.4 Å². The summed E-state index contributed by atoms with van der Waals surface area (Å²) >= 11 is 0. The van der Waals surface area contributed by atoms with Gasteiger partial charge in [-0.2, -0.15) is 0 Å². The monoisotopic (exact) mass is 216 g/mol. The van der Waals surface area contributed by atoms with Gasteiger partial charge >= 0.3 is 11.9 Å². The number of carbonyl (C=O) groups excluding carboxylic acids is 1. The molecule has 0 bridgehead atoms. The average molecular weight is 216 g/mol. The molecule has 0 radical (unpaired) electrons. The van der Waals surface area contributed by atoms with Crippen molar-refractivity contribution < 1.29 is 24.2 Å². The molecule has 0 aliphatic heterocycles. The van der Waals surface area contributed by atoms with Crippen LogP contribution >= 0.6 is 0 Å². The van der Waals surface area contributed by atoms with Gasteiger partial charge in [-0.25, -0.2) is 9.59 Å². The molecule has 0 saturated heterocycles. The summed E-state index contributed by atoms with van der Waals surface area (Å²) in [4.78, 5) is 19.9. The summed E-state index contributed by atoms with van der Waals surface area (Å²) in [5.41, 5.74) is 0.176. The van der Waals surface area contributed by atoms with Gasteiger partial charge in [-0.3, -0.25) is 0 Å². The first-order chi connectivity index (χ1) is 6.95. The summed E-state index contributed by atoms with van der Waals surface area (Å²) in [5, 5.41) is 7.89. The zero-order valence-electron chi connectivity index (χ0n) is 8.99. The highest BCUT2D eigenvalue weighted by molar-refractivity contribution is 5.84. The number of rotatable bonds is 5. The third-order valence-corrected chi connectivity index (χ3v) is 1.02. The normalized spacial score (nSPS) is 8.13. The zero-order valence-corrected chi connectivity index (χ0v) is 8.99. The quantitative estimate of drug-likeness (QED) is 0.325. The topological polar surface area (TPSA) is 72.8 Å². The number of carboxylic acids is 1. The van der Waals surface area contributed by atoms with Gasteiger partial charge in [-0.1, -0.05) is 13.2 Å². The van der Waals surface area contributed by atoms with Gasteiger partial charge < -0.3 is 14.6 Å². The number of carboxylic acid groups (broad SMARTS) is 1. The number of aliphatic carboxylic acids is 1. The largest absolute Gasteiger partial charge is 0.478 e. The Morgan fingerprint density at radius 1 is 1.47 bits per heavy atom. The molecule has 0 aliphatic rings. The molecule has 5 heteroatoms. The first-order valence-corrected chi connectivity index (χ1v) is 4.21. The van der Waals surface area contributed by atoms with Crippen LogP contribution in [0.4, 0.5) is 0 Å². The molecule has 86 valence electrons. The summed E-state index contributed by atoms with van der Waals surface area (Å²) in [6.07, 6.45) is 1.10. The van der Waals surface area contributed by atoms with Crippen LogP contribution in [0.1, 0.15) is 13.8 Å². The van der Waals surface area contributed by atoms with E-state index in [1.807, 2.05) is 6.92 Å². The lowest BCUT2D eigenvalue weighted by Gasteiger charge is -1.98. The molecule has 0 unspecified atom stereocenters. The molecule has 5 nitrogen and oxygen atoms in total. The summed E-state index contributed by atoms with van der Waals surface area (Å²) in [6, 6.07) is 0. The van der Waals surface area contributed by atoms with E-state index in [1.165, 1.54) is 6.92 Å². The van der Waals surface area contributed by atoms with E-state index in [2.05, 4.69) is 17.9 Å². The number of ether oxygens (including phenoxy) is 2. The molecule has 0 aromatic rings. The fourth-order valence-electron chi connectivity index (χ4n) is 0.242. The van der Waals surface area contributed by atoms with E-state index in [0.717, 1.165) is 6.08 Å². The van der Waals surface area contributed by atoms with E-state index in [0.29, 0.717) is 6.61 Å². The summed E-state index contributed by atoms with van der Waals surface area (Å²) in [5.74, 6) is -1.39. The van der Waals surface area contributed by atoms with Crippen LogP contribution < -0.4 is 0 Å². The van der Waals surface area contributed by atoms with E-state index < -0.39 is 11.9 Å². The maximum Gasteiger partial charge on any atom is 0.332 e. The lowest BCUT2D eigenvalue weighted by Crippen LogP contribution is -2.04. The number of hydrogen-bond acceptors (Lipinski definition) is 4. The minimum atomic E-state index is -0.935. The molecule has 0 atom stereocenters. The SMILES string of the molecule is C=C(C)C(=O)O.C=CC(=O)OCOCC. The molecule has 0 rings (SSSR count). The second-order valence-electron chi connectivity index (χ2n) is 2.36. The van der Waals surface area contributed by atoms with Crippen LogP contribution in [-0.2, 0) is 19.1 Å². The Hall–Kier alpha value is -1.62. The summed E-state index contributed by atoms with van der Waals surface area (Å²) in [6.45, 7) is 10.2. The van der Waals surface area contributed by atoms with Crippen molar-refractivity contribution in [1.29, 1.82) is 0 Å². The maximum atomic E-state index is 10.3. The Kier molecular flexibility index (Phi) is 11.0. The minimum absolute atomic E-state index is 0.0152. The van der Waals surface area contributed by atoms with Crippen molar-refractivity contribution in [2.24, 2.45) is 0 Å². The molecular formula is C10H16O5. The molecule has 0 heterocycles. The van der Waals surface area contributed by atoms with Gasteiger partial charge in [0.1, 0.15) is 0 Å². The van der Waals surface area contributed by atoms with Crippen LogP contribution in [-0.4, -0.2) is 30.4 Å². The first kappa shape index (κ1) is 15.8. The molecule has 0 aromatic heterocycles. The van der Waals surface area contributed by atoms with Crippen molar-refractivity contribution in [2.45, 2.75) is 13.8 Å². The van der Waals surface area contributed by atoms with Gasteiger partial charge in [0.05, 0.1) is 0 Å². The van der Waals surface area contributed by atoms with Gasteiger partial charge in [0.2, 0.25) is 0 Å². The minimum Gasteiger partial charge on any atom is -0.478 e. The highest BCUT2D eigenvalue weighted by atomic mass is 16.7. The molecule has 1 N–H and O–H groups in total. The highest BCUT2D eigenvalue weighted by Crippen LogP contribution is 1.81. The molecular weight excluding hydrogens is 200 g/mol. The maximum absolute atomic E-state index is 10.3. The summed E-state index contributed by atoms with van der Waals surface area (Å²) < 4.78 is 9.17. The number of carbonyl (C=O) groups is 2. The van der Waals surface area contributed by atoms with Crippen LogP contribution in [0.15, 0.2) is 24.8 Å². The smallest absolute Gasteiger partial charge is 0.332 e. The third-order valence-electron chi connectivity index (χ3n) is 1.02. The molecule has 15 heavy (non-hydrogen) atoms. The van der Waals surface area contributed by atoms with E-state index in [1.54, 1.807) is 0 Å². The van der Waals surface area contributed by atoms with Crippen LogP contribution in [0.5, 0.6) is 0 Å². The van der Waals surface area contributed by atoms with E-state index >= 15 is 0 Å². The third kappa shape index (κ3) is 15.2. The van der Waals surface area contributed by atoms with Crippen molar-refractivity contribution in [3.05, 3.63) is 24.8 Å². The fourth-order valence-corrected chi connectivity index (χ4v) is 0.242. The second-order valence-corrected chi connectivity index (χ2v) is 2.36. The fraction of sp³-hybridized carbons (Fsp3) is 0.400. The predicted molar refractivity (Wildman–Crippen MR) is 55.2 cm³/mol. The molecule has 0 saturated carbocycles. The number of esters is 1. The van der Waals surface area contributed by atoms with Crippen molar-refractivity contribution in [3.63, 3.8) is 0 Å². The van der Waals surface area contributed by atoms with Crippen molar-refractivity contribution >= 4 is 11.9 Å². The van der Waals surface area contributed by atoms with Gasteiger partial charge in [0.25, 0.3) is 0 Å².